The number of para-hydroxylation sites is 2. The molecule has 1 amide bonds. The highest BCUT2D eigenvalue weighted by Crippen LogP contribution is 2.18. The van der Waals surface area contributed by atoms with Gasteiger partial charge in [-0.2, -0.15) is 0 Å². The van der Waals surface area contributed by atoms with E-state index in [0.29, 0.717) is 5.69 Å². The SMILES string of the molecule is COC(CN)C(=O)Nc1ccccc1-n1ccnn1. The maximum Gasteiger partial charge on any atom is 0.254 e. The van der Waals surface area contributed by atoms with Gasteiger partial charge in [0.2, 0.25) is 0 Å². The quantitative estimate of drug-likeness (QED) is 0.800. The van der Waals surface area contributed by atoms with Crippen molar-refractivity contribution in [3.05, 3.63) is 36.7 Å². The Morgan fingerprint density at radius 1 is 1.53 bits per heavy atom. The first kappa shape index (κ1) is 13.2. The predicted octanol–water partition coefficient (Wildman–Crippen LogP) is 0.179. The van der Waals surface area contributed by atoms with Gasteiger partial charge < -0.3 is 15.8 Å². The second-order valence-corrected chi connectivity index (χ2v) is 3.81. The zero-order valence-electron chi connectivity index (χ0n) is 10.5. The Morgan fingerprint density at radius 2 is 2.32 bits per heavy atom. The van der Waals surface area contributed by atoms with Gasteiger partial charge in [0.25, 0.3) is 5.91 Å². The Morgan fingerprint density at radius 3 is 2.95 bits per heavy atom. The van der Waals surface area contributed by atoms with Crippen LogP contribution in [0.15, 0.2) is 36.7 Å². The van der Waals surface area contributed by atoms with Gasteiger partial charge in [0.15, 0.2) is 0 Å². The van der Waals surface area contributed by atoms with Crippen LogP contribution in [0.3, 0.4) is 0 Å². The molecule has 0 spiro atoms. The average Bonchev–Trinajstić information content (AvgIpc) is 2.94. The summed E-state index contributed by atoms with van der Waals surface area (Å²) in [5.74, 6) is -0.294. The third-order valence-electron chi connectivity index (χ3n) is 2.62. The molecule has 0 saturated carbocycles. The van der Waals surface area contributed by atoms with Gasteiger partial charge in [-0.3, -0.25) is 4.79 Å². The number of ether oxygens (including phenoxy) is 1. The zero-order valence-corrected chi connectivity index (χ0v) is 10.5. The molecule has 0 aliphatic carbocycles. The Hall–Kier alpha value is -2.25. The maximum atomic E-state index is 11.9. The number of carbonyl (C=O) groups is 1. The van der Waals surface area contributed by atoms with Crippen LogP contribution in [0.5, 0.6) is 0 Å². The standard InChI is InChI=1S/C12H15N5O2/c1-19-11(8-13)12(18)15-9-4-2-3-5-10(9)17-7-6-14-16-17/h2-7,11H,8,13H2,1H3,(H,15,18). The molecule has 1 aromatic carbocycles. The monoisotopic (exact) mass is 261 g/mol. The van der Waals surface area contributed by atoms with Crippen molar-refractivity contribution in [2.75, 3.05) is 19.0 Å². The number of amides is 1. The summed E-state index contributed by atoms with van der Waals surface area (Å²) in [5, 5.41) is 10.4. The molecule has 0 radical (unpaired) electrons. The molecule has 1 aromatic heterocycles. The predicted molar refractivity (Wildman–Crippen MR) is 69.8 cm³/mol. The fraction of sp³-hybridized carbons (Fsp3) is 0.250. The van der Waals surface area contributed by atoms with Gasteiger partial charge in [-0.05, 0) is 12.1 Å². The van der Waals surface area contributed by atoms with Gasteiger partial charge in [-0.25, -0.2) is 4.68 Å². The lowest BCUT2D eigenvalue weighted by Gasteiger charge is -2.15. The van der Waals surface area contributed by atoms with Crippen LogP contribution in [0.25, 0.3) is 5.69 Å². The van der Waals surface area contributed by atoms with Crippen molar-refractivity contribution in [3.8, 4) is 5.69 Å². The maximum absolute atomic E-state index is 11.9. The number of nitrogens with two attached hydrogens (primary N) is 1. The molecular formula is C12H15N5O2. The highest BCUT2D eigenvalue weighted by Gasteiger charge is 2.17. The fourth-order valence-corrected chi connectivity index (χ4v) is 1.64. The second-order valence-electron chi connectivity index (χ2n) is 3.81. The number of hydrogen-bond donors (Lipinski definition) is 2. The fourth-order valence-electron chi connectivity index (χ4n) is 1.64. The molecule has 0 bridgehead atoms. The van der Waals surface area contributed by atoms with Crippen LogP contribution in [0, 0.1) is 0 Å². The summed E-state index contributed by atoms with van der Waals surface area (Å²) in [5.41, 5.74) is 6.80. The van der Waals surface area contributed by atoms with Crippen molar-refractivity contribution in [1.82, 2.24) is 15.0 Å². The van der Waals surface area contributed by atoms with E-state index in [2.05, 4.69) is 15.6 Å². The molecule has 1 atom stereocenters. The lowest BCUT2D eigenvalue weighted by Crippen LogP contribution is -2.36. The highest BCUT2D eigenvalue weighted by molar-refractivity contribution is 5.96. The molecule has 7 heteroatoms. The number of rotatable bonds is 5. The van der Waals surface area contributed by atoms with Crippen molar-refractivity contribution in [2.24, 2.45) is 5.73 Å². The average molecular weight is 261 g/mol. The minimum Gasteiger partial charge on any atom is -0.370 e. The number of benzene rings is 1. The summed E-state index contributed by atoms with van der Waals surface area (Å²) in [6.45, 7) is 0.119. The first-order valence-corrected chi connectivity index (χ1v) is 5.75. The summed E-state index contributed by atoms with van der Waals surface area (Å²) >= 11 is 0. The lowest BCUT2D eigenvalue weighted by atomic mass is 10.2. The molecule has 2 rings (SSSR count). The molecule has 100 valence electrons. The number of anilines is 1. The number of hydrogen-bond acceptors (Lipinski definition) is 5. The number of aromatic nitrogens is 3. The van der Waals surface area contributed by atoms with Crippen molar-refractivity contribution < 1.29 is 9.53 Å². The van der Waals surface area contributed by atoms with Crippen molar-refractivity contribution in [1.29, 1.82) is 0 Å². The topological polar surface area (TPSA) is 95.1 Å². The lowest BCUT2D eigenvalue weighted by molar-refractivity contribution is -0.125. The van der Waals surface area contributed by atoms with Crippen LogP contribution in [0.4, 0.5) is 5.69 Å². The Balaban J connectivity index is 2.24. The van der Waals surface area contributed by atoms with E-state index in [1.165, 1.54) is 7.11 Å². The molecule has 0 aliphatic rings. The normalized spacial score (nSPS) is 12.1. The number of nitrogens with zero attached hydrogens (tertiary/aromatic N) is 3. The van der Waals surface area contributed by atoms with Crippen LogP contribution >= 0.6 is 0 Å². The third kappa shape index (κ3) is 2.95. The molecule has 2 aromatic rings. The van der Waals surface area contributed by atoms with E-state index in [4.69, 9.17) is 10.5 Å². The van der Waals surface area contributed by atoms with Gasteiger partial charge in [0.05, 0.1) is 23.8 Å². The molecule has 19 heavy (non-hydrogen) atoms. The molecule has 0 aliphatic heterocycles. The summed E-state index contributed by atoms with van der Waals surface area (Å²) in [4.78, 5) is 11.9. The van der Waals surface area contributed by atoms with Gasteiger partial charge in [0, 0.05) is 13.7 Å². The van der Waals surface area contributed by atoms with Crippen LogP contribution in [0.2, 0.25) is 0 Å². The second kappa shape index (κ2) is 6.07. The van der Waals surface area contributed by atoms with E-state index >= 15 is 0 Å². The summed E-state index contributed by atoms with van der Waals surface area (Å²) in [7, 11) is 1.44. The molecule has 0 fully saturated rings. The zero-order chi connectivity index (χ0) is 13.7. The van der Waals surface area contributed by atoms with Gasteiger partial charge >= 0.3 is 0 Å². The van der Waals surface area contributed by atoms with Crippen LogP contribution in [-0.4, -0.2) is 40.7 Å². The van der Waals surface area contributed by atoms with Crippen LogP contribution in [-0.2, 0) is 9.53 Å². The van der Waals surface area contributed by atoms with E-state index in [0.717, 1.165) is 5.69 Å². The molecular weight excluding hydrogens is 246 g/mol. The minimum absolute atomic E-state index is 0.119. The van der Waals surface area contributed by atoms with Crippen LogP contribution in [0.1, 0.15) is 0 Å². The van der Waals surface area contributed by atoms with E-state index < -0.39 is 6.10 Å². The minimum atomic E-state index is -0.677. The number of methoxy groups -OCH3 is 1. The van der Waals surface area contributed by atoms with Gasteiger partial charge in [0.1, 0.15) is 6.10 Å². The Bertz CT molecular complexity index is 537. The van der Waals surface area contributed by atoms with Crippen molar-refractivity contribution in [2.45, 2.75) is 6.10 Å². The van der Waals surface area contributed by atoms with E-state index in [1.807, 2.05) is 18.2 Å². The summed E-state index contributed by atoms with van der Waals surface area (Å²) < 4.78 is 6.56. The van der Waals surface area contributed by atoms with E-state index in [9.17, 15) is 4.79 Å². The van der Waals surface area contributed by atoms with E-state index in [-0.39, 0.29) is 12.5 Å². The van der Waals surface area contributed by atoms with Crippen molar-refractivity contribution in [3.63, 3.8) is 0 Å². The largest absolute Gasteiger partial charge is 0.370 e. The molecule has 0 saturated heterocycles. The number of carbonyl (C=O) groups excluding carboxylic acids is 1. The van der Waals surface area contributed by atoms with Crippen LogP contribution < -0.4 is 11.1 Å². The first-order chi connectivity index (χ1) is 9.26. The smallest absolute Gasteiger partial charge is 0.254 e. The summed E-state index contributed by atoms with van der Waals surface area (Å²) in [6.07, 6.45) is 2.59. The third-order valence-corrected chi connectivity index (χ3v) is 2.62. The number of nitrogens with one attached hydrogen (secondary N) is 1. The first-order valence-electron chi connectivity index (χ1n) is 5.75. The molecule has 3 N–H and O–H groups in total. The molecule has 1 unspecified atom stereocenters. The van der Waals surface area contributed by atoms with E-state index in [1.54, 1.807) is 23.1 Å². The van der Waals surface area contributed by atoms with Crippen molar-refractivity contribution >= 4 is 11.6 Å². The highest BCUT2D eigenvalue weighted by atomic mass is 16.5. The van der Waals surface area contributed by atoms with Gasteiger partial charge in [-0.1, -0.05) is 17.3 Å². The van der Waals surface area contributed by atoms with Gasteiger partial charge in [-0.15, -0.1) is 5.10 Å². The molecule has 7 nitrogen and oxygen atoms in total. The Labute approximate surface area is 110 Å². The molecule has 1 heterocycles. The Kier molecular flexibility index (Phi) is 4.22. The summed E-state index contributed by atoms with van der Waals surface area (Å²) in [6, 6.07) is 7.27.